The molecule has 0 aliphatic rings. The third kappa shape index (κ3) is 3.28. The lowest BCUT2D eigenvalue weighted by Gasteiger charge is -2.05. The second kappa shape index (κ2) is 5.14. The molecule has 0 aliphatic carbocycles. The number of halogens is 2. The molecule has 1 heterocycles. The zero-order valence-corrected chi connectivity index (χ0v) is 8.42. The molecule has 0 aromatic carbocycles. The lowest BCUT2D eigenvalue weighted by molar-refractivity contribution is 0.228. The van der Waals surface area contributed by atoms with Crippen molar-refractivity contribution in [1.29, 1.82) is 0 Å². The van der Waals surface area contributed by atoms with E-state index in [2.05, 4.69) is 20.9 Å². The topological polar surface area (TPSA) is 42.4 Å². The van der Waals surface area contributed by atoms with Crippen molar-refractivity contribution in [1.82, 2.24) is 4.98 Å². The van der Waals surface area contributed by atoms with Gasteiger partial charge in [-0.05, 0) is 15.9 Å². The number of ether oxygens (including phenoxy) is 1. The van der Waals surface area contributed by atoms with Gasteiger partial charge in [-0.2, -0.15) is 0 Å². The molecule has 13 heavy (non-hydrogen) atoms. The largest absolute Gasteiger partial charge is 0.490 e. The highest BCUT2D eigenvalue weighted by Crippen LogP contribution is 2.19. The van der Waals surface area contributed by atoms with Gasteiger partial charge in [0.25, 0.3) is 0 Å². The van der Waals surface area contributed by atoms with Crippen molar-refractivity contribution in [2.24, 2.45) is 0 Å². The molecule has 1 aromatic heterocycles. The van der Waals surface area contributed by atoms with E-state index in [1.807, 2.05) is 0 Å². The van der Waals surface area contributed by atoms with Gasteiger partial charge in [0.2, 0.25) is 0 Å². The molecule has 0 saturated carbocycles. The zero-order chi connectivity index (χ0) is 9.68. The van der Waals surface area contributed by atoms with E-state index in [0.29, 0.717) is 17.6 Å². The van der Waals surface area contributed by atoms with Crippen molar-refractivity contribution in [3.05, 3.63) is 22.7 Å². The monoisotopic (exact) mass is 249 g/mol. The summed E-state index contributed by atoms with van der Waals surface area (Å²) in [7, 11) is 0. The maximum atomic E-state index is 12.9. The Labute approximate surface area is 83.7 Å². The van der Waals surface area contributed by atoms with Crippen LogP contribution in [0.4, 0.5) is 4.39 Å². The van der Waals surface area contributed by atoms with Crippen LogP contribution in [0.1, 0.15) is 6.42 Å². The van der Waals surface area contributed by atoms with Gasteiger partial charge in [0.1, 0.15) is 4.60 Å². The Morgan fingerprint density at radius 3 is 3.08 bits per heavy atom. The minimum Gasteiger partial charge on any atom is -0.490 e. The first kappa shape index (κ1) is 10.4. The first-order chi connectivity index (χ1) is 6.24. The molecule has 0 saturated heterocycles. The van der Waals surface area contributed by atoms with E-state index >= 15 is 0 Å². The Hall–Kier alpha value is -0.680. The minimum absolute atomic E-state index is 0.0356. The van der Waals surface area contributed by atoms with Crippen LogP contribution in [-0.4, -0.2) is 23.3 Å². The fraction of sp³-hybridized carbons (Fsp3) is 0.375. The third-order valence-electron chi connectivity index (χ3n) is 1.35. The molecule has 72 valence electrons. The number of aliphatic hydroxyl groups is 1. The van der Waals surface area contributed by atoms with Crippen LogP contribution in [0.2, 0.25) is 0 Å². The summed E-state index contributed by atoms with van der Waals surface area (Å²) >= 11 is 3.10. The van der Waals surface area contributed by atoms with E-state index in [1.165, 1.54) is 6.07 Å². The van der Waals surface area contributed by atoms with Gasteiger partial charge < -0.3 is 9.84 Å². The molecule has 0 fully saturated rings. The van der Waals surface area contributed by atoms with E-state index < -0.39 is 5.82 Å². The molecule has 1 aromatic rings. The van der Waals surface area contributed by atoms with Crippen LogP contribution in [0.25, 0.3) is 0 Å². The maximum absolute atomic E-state index is 12.9. The standard InChI is InChI=1S/C8H9BrFNO2/c9-8-4-7(6(10)5-11-8)13-3-1-2-12/h4-5,12H,1-3H2. The van der Waals surface area contributed by atoms with Gasteiger partial charge in [0.15, 0.2) is 11.6 Å². The van der Waals surface area contributed by atoms with E-state index in [4.69, 9.17) is 9.84 Å². The number of aliphatic hydroxyl groups excluding tert-OH is 1. The van der Waals surface area contributed by atoms with E-state index in [0.717, 1.165) is 6.20 Å². The fourth-order valence-electron chi connectivity index (χ4n) is 0.754. The van der Waals surface area contributed by atoms with Crippen LogP contribution in [0.5, 0.6) is 5.75 Å². The van der Waals surface area contributed by atoms with Gasteiger partial charge in [0, 0.05) is 19.1 Å². The highest BCUT2D eigenvalue weighted by atomic mass is 79.9. The van der Waals surface area contributed by atoms with Crippen LogP contribution >= 0.6 is 15.9 Å². The summed E-state index contributed by atoms with van der Waals surface area (Å²) in [5, 5.41) is 8.47. The summed E-state index contributed by atoms with van der Waals surface area (Å²) in [5.74, 6) is -0.350. The summed E-state index contributed by atoms with van der Waals surface area (Å²) in [6.45, 7) is 0.331. The average Bonchev–Trinajstić information content (AvgIpc) is 2.11. The molecule has 3 nitrogen and oxygen atoms in total. The molecule has 0 radical (unpaired) electrons. The van der Waals surface area contributed by atoms with Crippen molar-refractivity contribution in [3.63, 3.8) is 0 Å². The average molecular weight is 250 g/mol. The molecule has 0 amide bonds. The van der Waals surface area contributed by atoms with Gasteiger partial charge in [-0.3, -0.25) is 0 Å². The first-order valence-corrected chi connectivity index (χ1v) is 4.58. The predicted octanol–water partition coefficient (Wildman–Crippen LogP) is 1.74. The Bertz CT molecular complexity index is 283. The van der Waals surface area contributed by atoms with Gasteiger partial charge in [-0.1, -0.05) is 0 Å². The molecule has 0 bridgehead atoms. The molecule has 0 unspecified atom stereocenters. The molecule has 1 rings (SSSR count). The second-order valence-electron chi connectivity index (χ2n) is 2.36. The summed E-state index contributed by atoms with van der Waals surface area (Å²) < 4.78 is 18.5. The SMILES string of the molecule is OCCCOc1cc(Br)ncc1F. The van der Waals surface area contributed by atoms with Crippen LogP contribution < -0.4 is 4.74 Å². The Morgan fingerprint density at radius 2 is 2.38 bits per heavy atom. The quantitative estimate of drug-likeness (QED) is 0.653. The molecule has 0 spiro atoms. The first-order valence-electron chi connectivity index (χ1n) is 3.78. The fourth-order valence-corrected chi connectivity index (χ4v) is 1.06. The third-order valence-corrected chi connectivity index (χ3v) is 1.78. The predicted molar refractivity (Wildman–Crippen MR) is 49.1 cm³/mol. The Morgan fingerprint density at radius 1 is 1.62 bits per heavy atom. The molecule has 5 heteroatoms. The Kier molecular flexibility index (Phi) is 4.11. The van der Waals surface area contributed by atoms with E-state index in [1.54, 1.807) is 0 Å². The number of hydrogen-bond donors (Lipinski definition) is 1. The number of aromatic nitrogens is 1. The van der Waals surface area contributed by atoms with Crippen LogP contribution in [0, 0.1) is 5.82 Å². The summed E-state index contributed by atoms with van der Waals surface area (Å²) in [6.07, 6.45) is 1.57. The normalized spacial score (nSPS) is 10.1. The van der Waals surface area contributed by atoms with Crippen molar-refractivity contribution in [2.75, 3.05) is 13.2 Å². The van der Waals surface area contributed by atoms with Crippen molar-refractivity contribution >= 4 is 15.9 Å². The number of pyridine rings is 1. The summed E-state index contributed by atoms with van der Waals surface area (Å²) in [6, 6.07) is 1.45. The lowest BCUT2D eigenvalue weighted by Crippen LogP contribution is -2.01. The smallest absolute Gasteiger partial charge is 0.183 e. The lowest BCUT2D eigenvalue weighted by atomic mass is 10.4. The van der Waals surface area contributed by atoms with Crippen LogP contribution in [0.15, 0.2) is 16.9 Å². The minimum atomic E-state index is -0.499. The molecular formula is C8H9BrFNO2. The second-order valence-corrected chi connectivity index (χ2v) is 3.18. The Balaban J connectivity index is 2.59. The molecular weight excluding hydrogens is 241 g/mol. The van der Waals surface area contributed by atoms with Gasteiger partial charge in [-0.15, -0.1) is 0 Å². The van der Waals surface area contributed by atoms with Crippen molar-refractivity contribution in [2.45, 2.75) is 6.42 Å². The van der Waals surface area contributed by atoms with Crippen LogP contribution in [-0.2, 0) is 0 Å². The van der Waals surface area contributed by atoms with Crippen molar-refractivity contribution in [3.8, 4) is 5.75 Å². The van der Waals surface area contributed by atoms with Gasteiger partial charge in [-0.25, -0.2) is 9.37 Å². The van der Waals surface area contributed by atoms with Crippen LogP contribution in [0.3, 0.4) is 0 Å². The maximum Gasteiger partial charge on any atom is 0.183 e. The van der Waals surface area contributed by atoms with E-state index in [-0.39, 0.29) is 12.4 Å². The van der Waals surface area contributed by atoms with Gasteiger partial charge >= 0.3 is 0 Å². The highest BCUT2D eigenvalue weighted by molar-refractivity contribution is 9.10. The molecule has 0 aliphatic heterocycles. The number of rotatable bonds is 4. The summed E-state index contributed by atoms with van der Waals surface area (Å²) in [4.78, 5) is 3.68. The highest BCUT2D eigenvalue weighted by Gasteiger charge is 2.03. The zero-order valence-electron chi connectivity index (χ0n) is 6.83. The summed E-state index contributed by atoms with van der Waals surface area (Å²) in [5.41, 5.74) is 0. The van der Waals surface area contributed by atoms with Gasteiger partial charge in [0.05, 0.1) is 12.8 Å². The van der Waals surface area contributed by atoms with Crippen molar-refractivity contribution < 1.29 is 14.2 Å². The number of nitrogens with zero attached hydrogens (tertiary/aromatic N) is 1. The molecule has 0 atom stereocenters. The van der Waals surface area contributed by atoms with E-state index in [9.17, 15) is 4.39 Å². The molecule has 1 N–H and O–H groups in total. The number of hydrogen-bond acceptors (Lipinski definition) is 3.